The summed E-state index contributed by atoms with van der Waals surface area (Å²) in [6.45, 7) is 6.74. The number of rotatable bonds is 3. The molecule has 0 saturated carbocycles. The van der Waals surface area contributed by atoms with Crippen LogP contribution in [0.3, 0.4) is 0 Å². The van der Waals surface area contributed by atoms with Crippen LogP contribution < -0.4 is 0 Å². The quantitative estimate of drug-likeness (QED) is 0.195. The van der Waals surface area contributed by atoms with Crippen molar-refractivity contribution in [3.63, 3.8) is 0 Å². The third-order valence-corrected chi connectivity index (χ3v) is 9.95. The first-order chi connectivity index (χ1) is 23.9. The standard InChI is InChI=1S/C44H32N4O/c1-44(2,3)29-22-23-45-41(25-29)48-36-14-8-6-12-32(36)33-20-18-30(26-39(33)48)47-37-21-17-27-10-4-5-11-31(27)42(37)34-19-16-28(24-38(34)47)43-46-35-13-7-9-15-40(35)49-43/h4-26H,1-3H3. The molecule has 0 aliphatic heterocycles. The minimum absolute atomic E-state index is 0.000237. The van der Waals surface area contributed by atoms with Crippen molar-refractivity contribution >= 4 is 65.5 Å². The molecule has 0 amide bonds. The van der Waals surface area contributed by atoms with Crippen LogP contribution >= 0.6 is 0 Å². The van der Waals surface area contributed by atoms with Gasteiger partial charge in [0, 0.05) is 39.0 Å². The van der Waals surface area contributed by atoms with E-state index in [2.05, 4.69) is 139 Å². The monoisotopic (exact) mass is 632 g/mol. The first-order valence-corrected chi connectivity index (χ1v) is 16.7. The van der Waals surface area contributed by atoms with E-state index >= 15 is 0 Å². The summed E-state index contributed by atoms with van der Waals surface area (Å²) in [6, 6.07) is 47.5. The highest BCUT2D eigenvalue weighted by atomic mass is 16.3. The van der Waals surface area contributed by atoms with Crippen molar-refractivity contribution in [1.29, 1.82) is 0 Å². The predicted octanol–water partition coefficient (Wildman–Crippen LogP) is 11.5. The molecule has 6 aromatic carbocycles. The predicted molar refractivity (Wildman–Crippen MR) is 202 cm³/mol. The Balaban J connectivity index is 1.29. The topological polar surface area (TPSA) is 48.8 Å². The Bertz CT molecular complexity index is 2900. The Morgan fingerprint density at radius 2 is 1.33 bits per heavy atom. The molecule has 0 saturated heterocycles. The third kappa shape index (κ3) is 4.18. The number of oxazole rings is 1. The van der Waals surface area contributed by atoms with Gasteiger partial charge >= 0.3 is 0 Å². The van der Waals surface area contributed by atoms with Crippen LogP contribution in [0.1, 0.15) is 26.3 Å². The van der Waals surface area contributed by atoms with Crippen LogP contribution in [0.25, 0.3) is 88.4 Å². The van der Waals surface area contributed by atoms with E-state index in [-0.39, 0.29) is 5.41 Å². The summed E-state index contributed by atoms with van der Waals surface area (Å²) >= 11 is 0. The maximum Gasteiger partial charge on any atom is 0.227 e. The Morgan fingerprint density at radius 1 is 0.571 bits per heavy atom. The van der Waals surface area contributed by atoms with Crippen molar-refractivity contribution in [3.8, 4) is 23.0 Å². The van der Waals surface area contributed by atoms with Crippen LogP contribution in [-0.2, 0) is 5.41 Å². The molecule has 49 heavy (non-hydrogen) atoms. The van der Waals surface area contributed by atoms with Gasteiger partial charge in [0.05, 0.1) is 22.1 Å². The summed E-state index contributed by atoms with van der Waals surface area (Å²) in [7, 11) is 0. The molecular weight excluding hydrogens is 601 g/mol. The molecular formula is C44H32N4O. The number of benzene rings is 6. The number of aromatic nitrogens is 4. The maximum absolute atomic E-state index is 6.25. The van der Waals surface area contributed by atoms with Crippen LogP contribution in [0.15, 0.2) is 144 Å². The second-order valence-electron chi connectivity index (χ2n) is 13.9. The lowest BCUT2D eigenvalue weighted by molar-refractivity contribution is 0.588. The molecule has 10 rings (SSSR count). The van der Waals surface area contributed by atoms with Gasteiger partial charge in [-0.25, -0.2) is 9.97 Å². The van der Waals surface area contributed by atoms with Gasteiger partial charge in [-0.1, -0.05) is 93.6 Å². The Labute approximate surface area is 282 Å². The van der Waals surface area contributed by atoms with E-state index in [4.69, 9.17) is 14.4 Å². The smallest absolute Gasteiger partial charge is 0.227 e. The minimum atomic E-state index is -0.000237. The number of pyridine rings is 1. The highest BCUT2D eigenvalue weighted by molar-refractivity contribution is 6.22. The summed E-state index contributed by atoms with van der Waals surface area (Å²) in [5.41, 5.74) is 9.41. The highest BCUT2D eigenvalue weighted by Gasteiger charge is 2.21. The van der Waals surface area contributed by atoms with Gasteiger partial charge in [0.15, 0.2) is 5.58 Å². The maximum atomic E-state index is 6.25. The summed E-state index contributed by atoms with van der Waals surface area (Å²) in [5.74, 6) is 1.53. The number of hydrogen-bond donors (Lipinski definition) is 0. The van der Waals surface area contributed by atoms with E-state index in [0.717, 1.165) is 50.2 Å². The van der Waals surface area contributed by atoms with E-state index < -0.39 is 0 Å². The fraction of sp³-hybridized carbons (Fsp3) is 0.0909. The van der Waals surface area contributed by atoms with Crippen molar-refractivity contribution in [2.24, 2.45) is 0 Å². The van der Waals surface area contributed by atoms with Gasteiger partial charge in [-0.05, 0) is 82.4 Å². The van der Waals surface area contributed by atoms with Gasteiger partial charge in [-0.15, -0.1) is 0 Å². The van der Waals surface area contributed by atoms with Gasteiger partial charge in [-0.3, -0.25) is 4.57 Å². The molecule has 0 N–H and O–H groups in total. The highest BCUT2D eigenvalue weighted by Crippen LogP contribution is 2.41. The largest absolute Gasteiger partial charge is 0.436 e. The zero-order chi connectivity index (χ0) is 32.9. The molecule has 0 aliphatic rings. The van der Waals surface area contributed by atoms with Gasteiger partial charge < -0.3 is 8.98 Å². The van der Waals surface area contributed by atoms with Gasteiger partial charge in [0.1, 0.15) is 11.3 Å². The van der Waals surface area contributed by atoms with Crippen molar-refractivity contribution in [2.45, 2.75) is 26.2 Å². The normalized spacial score (nSPS) is 12.4. The van der Waals surface area contributed by atoms with Crippen LogP contribution in [0.2, 0.25) is 0 Å². The van der Waals surface area contributed by atoms with Gasteiger partial charge in [0.25, 0.3) is 0 Å². The van der Waals surface area contributed by atoms with Crippen LogP contribution in [0.4, 0.5) is 0 Å². The first-order valence-electron chi connectivity index (χ1n) is 16.7. The summed E-state index contributed by atoms with van der Waals surface area (Å²) in [5, 5.41) is 7.28. The zero-order valence-corrected chi connectivity index (χ0v) is 27.5. The molecule has 5 heteroatoms. The van der Waals surface area contributed by atoms with Crippen LogP contribution in [-0.4, -0.2) is 19.1 Å². The lowest BCUT2D eigenvalue weighted by atomic mass is 9.88. The van der Waals surface area contributed by atoms with Crippen molar-refractivity contribution < 1.29 is 4.42 Å². The van der Waals surface area contributed by atoms with E-state index in [0.29, 0.717) is 5.89 Å². The molecule has 234 valence electrons. The molecule has 4 aromatic heterocycles. The fourth-order valence-corrected chi connectivity index (χ4v) is 7.55. The molecule has 0 bridgehead atoms. The summed E-state index contributed by atoms with van der Waals surface area (Å²) < 4.78 is 11.0. The molecule has 10 aromatic rings. The van der Waals surface area contributed by atoms with E-state index in [1.807, 2.05) is 30.5 Å². The Hall–Kier alpha value is -6.20. The third-order valence-electron chi connectivity index (χ3n) is 9.95. The lowest BCUT2D eigenvalue weighted by Crippen LogP contribution is -2.12. The molecule has 0 aliphatic carbocycles. The lowest BCUT2D eigenvalue weighted by Gasteiger charge is -2.20. The molecule has 0 unspecified atom stereocenters. The van der Waals surface area contributed by atoms with Crippen molar-refractivity contribution in [1.82, 2.24) is 19.1 Å². The van der Waals surface area contributed by atoms with Crippen LogP contribution in [0, 0.1) is 0 Å². The van der Waals surface area contributed by atoms with Crippen molar-refractivity contribution in [2.75, 3.05) is 0 Å². The number of nitrogens with zero attached hydrogens (tertiary/aromatic N) is 4. The minimum Gasteiger partial charge on any atom is -0.436 e. The van der Waals surface area contributed by atoms with Crippen LogP contribution in [0.5, 0.6) is 0 Å². The SMILES string of the molecule is CC(C)(C)c1ccnc(-n2c3ccccc3c3ccc(-n4c5cc(-c6nc7ccccc7o6)ccc5c5c6ccccc6ccc54)cc32)c1. The molecule has 5 nitrogen and oxygen atoms in total. The number of fused-ring (bicyclic) bond motifs is 9. The second-order valence-corrected chi connectivity index (χ2v) is 13.9. The molecule has 0 fully saturated rings. The molecule has 0 radical (unpaired) electrons. The Morgan fingerprint density at radius 3 is 2.20 bits per heavy atom. The van der Waals surface area contributed by atoms with Crippen molar-refractivity contribution in [3.05, 3.63) is 145 Å². The summed E-state index contributed by atoms with van der Waals surface area (Å²) in [6.07, 6.45) is 1.94. The fourth-order valence-electron chi connectivity index (χ4n) is 7.55. The molecule has 0 atom stereocenters. The average Bonchev–Trinajstić information content (AvgIpc) is 3.81. The average molecular weight is 633 g/mol. The second kappa shape index (κ2) is 10.1. The first kappa shape index (κ1) is 27.9. The molecule has 4 heterocycles. The summed E-state index contributed by atoms with van der Waals surface area (Å²) in [4.78, 5) is 9.77. The van der Waals surface area contributed by atoms with E-state index in [1.165, 1.54) is 37.9 Å². The molecule has 0 spiro atoms. The van der Waals surface area contributed by atoms with E-state index in [1.54, 1.807) is 0 Å². The number of para-hydroxylation sites is 3. The van der Waals surface area contributed by atoms with Gasteiger partial charge in [-0.2, -0.15) is 0 Å². The van der Waals surface area contributed by atoms with Gasteiger partial charge in [0.2, 0.25) is 5.89 Å². The van der Waals surface area contributed by atoms with E-state index in [9.17, 15) is 0 Å². The zero-order valence-electron chi connectivity index (χ0n) is 27.5. The Kier molecular flexibility index (Phi) is 5.77. The number of hydrogen-bond acceptors (Lipinski definition) is 3.